The summed E-state index contributed by atoms with van der Waals surface area (Å²) in [7, 11) is 0. The molecule has 3 unspecified atom stereocenters. The zero-order chi connectivity index (χ0) is 17.0. The lowest BCUT2D eigenvalue weighted by atomic mass is 10.0. The van der Waals surface area contributed by atoms with Crippen molar-refractivity contribution >= 4 is 28.0 Å². The van der Waals surface area contributed by atoms with Gasteiger partial charge in [-0.3, -0.25) is 4.79 Å². The molecule has 3 atom stereocenters. The molecule has 1 N–H and O–H groups in total. The van der Waals surface area contributed by atoms with Crippen molar-refractivity contribution in [2.24, 2.45) is 11.8 Å². The minimum Gasteiger partial charge on any atom is -0.346 e. The van der Waals surface area contributed by atoms with Gasteiger partial charge in [0.05, 0.1) is 42.0 Å². The molecule has 3 aromatic rings. The van der Waals surface area contributed by atoms with Crippen LogP contribution in [0.3, 0.4) is 0 Å². The molecule has 0 radical (unpaired) electrons. The van der Waals surface area contributed by atoms with E-state index in [1.165, 1.54) is 0 Å². The van der Waals surface area contributed by atoms with Crippen LogP contribution in [0.2, 0.25) is 0 Å². The highest BCUT2D eigenvalue weighted by Crippen LogP contribution is 2.40. The minimum atomic E-state index is -0.0798. The number of likely N-dealkylation sites (tertiary alicyclic amines) is 1. The molecule has 1 saturated heterocycles. The fourth-order valence-electron chi connectivity index (χ4n) is 4.04. The Morgan fingerprint density at radius 2 is 2.32 bits per heavy atom. The van der Waals surface area contributed by atoms with Gasteiger partial charge in [-0.2, -0.15) is 5.26 Å². The third-order valence-corrected chi connectivity index (χ3v) is 5.49. The number of piperidine rings is 1. The van der Waals surface area contributed by atoms with Crippen LogP contribution in [0.4, 0.5) is 0 Å². The van der Waals surface area contributed by atoms with Gasteiger partial charge in [0.1, 0.15) is 11.2 Å². The maximum absolute atomic E-state index is 12.6. The number of rotatable bonds is 2. The van der Waals surface area contributed by atoms with Crippen molar-refractivity contribution < 1.29 is 4.79 Å². The Labute approximate surface area is 144 Å². The van der Waals surface area contributed by atoms with E-state index in [1.807, 2.05) is 23.5 Å². The number of nitriles is 1. The first kappa shape index (κ1) is 14.5. The first-order valence-corrected chi connectivity index (χ1v) is 8.73. The smallest absolute Gasteiger partial charge is 0.227 e. The van der Waals surface area contributed by atoms with E-state index in [0.717, 1.165) is 47.9 Å². The van der Waals surface area contributed by atoms with Crippen molar-refractivity contribution in [2.45, 2.75) is 25.3 Å². The molecule has 126 valence electrons. The molecule has 25 heavy (non-hydrogen) atoms. The second-order valence-electron chi connectivity index (χ2n) is 7.04. The SMILES string of the molecule is N#CC1CC1C(=O)N1CCCC(n2cnc3cnc4[nH]ccc4c32)C1. The minimum absolute atomic E-state index is 0.0764. The molecule has 2 aliphatic rings. The molecule has 3 aromatic heterocycles. The number of aromatic nitrogens is 4. The fraction of sp³-hybridized carbons (Fsp3) is 0.444. The lowest BCUT2D eigenvalue weighted by molar-refractivity contribution is -0.134. The van der Waals surface area contributed by atoms with Crippen LogP contribution in [0.1, 0.15) is 25.3 Å². The number of amides is 1. The Morgan fingerprint density at radius 1 is 1.40 bits per heavy atom. The van der Waals surface area contributed by atoms with Gasteiger partial charge < -0.3 is 14.5 Å². The highest BCUT2D eigenvalue weighted by Gasteiger charge is 2.46. The Balaban J connectivity index is 1.47. The van der Waals surface area contributed by atoms with Gasteiger partial charge in [-0.15, -0.1) is 0 Å². The Kier molecular flexibility index (Phi) is 3.07. The number of imidazole rings is 1. The van der Waals surface area contributed by atoms with Gasteiger partial charge in [0.25, 0.3) is 0 Å². The van der Waals surface area contributed by atoms with Crippen LogP contribution in [0.5, 0.6) is 0 Å². The molecule has 1 aliphatic heterocycles. The quantitative estimate of drug-likeness (QED) is 0.778. The van der Waals surface area contributed by atoms with Crippen LogP contribution < -0.4 is 0 Å². The van der Waals surface area contributed by atoms with Crippen molar-refractivity contribution in [3.63, 3.8) is 0 Å². The molecular formula is C18H18N6O. The van der Waals surface area contributed by atoms with Gasteiger partial charge in [-0.25, -0.2) is 9.97 Å². The number of carbonyl (C=O) groups excluding carboxylic acids is 1. The largest absolute Gasteiger partial charge is 0.346 e. The predicted molar refractivity (Wildman–Crippen MR) is 91.4 cm³/mol. The molecule has 1 saturated carbocycles. The van der Waals surface area contributed by atoms with E-state index in [4.69, 9.17) is 5.26 Å². The lowest BCUT2D eigenvalue weighted by Crippen LogP contribution is -2.41. The average Bonchev–Trinajstić information content (AvgIpc) is 3.07. The van der Waals surface area contributed by atoms with Crippen molar-refractivity contribution in [1.29, 1.82) is 5.26 Å². The van der Waals surface area contributed by atoms with Gasteiger partial charge in [0.2, 0.25) is 5.91 Å². The third kappa shape index (κ3) is 2.21. The number of hydrogen-bond acceptors (Lipinski definition) is 4. The van der Waals surface area contributed by atoms with Crippen molar-refractivity contribution in [3.8, 4) is 6.07 Å². The topological polar surface area (TPSA) is 90.6 Å². The monoisotopic (exact) mass is 334 g/mol. The third-order valence-electron chi connectivity index (χ3n) is 5.49. The molecule has 1 amide bonds. The Morgan fingerprint density at radius 3 is 3.16 bits per heavy atom. The second kappa shape index (κ2) is 5.31. The van der Waals surface area contributed by atoms with E-state index in [9.17, 15) is 4.79 Å². The highest BCUT2D eigenvalue weighted by atomic mass is 16.2. The van der Waals surface area contributed by atoms with Gasteiger partial charge in [0.15, 0.2) is 0 Å². The van der Waals surface area contributed by atoms with Crippen LogP contribution in [0.15, 0.2) is 24.8 Å². The zero-order valence-corrected chi connectivity index (χ0v) is 13.7. The number of aromatic amines is 1. The van der Waals surface area contributed by atoms with Crippen LogP contribution in [0, 0.1) is 23.2 Å². The maximum Gasteiger partial charge on any atom is 0.227 e. The van der Waals surface area contributed by atoms with E-state index in [-0.39, 0.29) is 23.8 Å². The molecule has 1 aliphatic carbocycles. The summed E-state index contributed by atoms with van der Waals surface area (Å²) in [6.07, 6.45) is 8.27. The number of pyridine rings is 1. The van der Waals surface area contributed by atoms with Crippen LogP contribution in [0.25, 0.3) is 22.1 Å². The predicted octanol–water partition coefficient (Wildman–Crippen LogP) is 2.24. The van der Waals surface area contributed by atoms with E-state index in [2.05, 4.69) is 25.6 Å². The first-order valence-electron chi connectivity index (χ1n) is 8.73. The standard InChI is InChI=1S/C18H18N6O/c19-7-11-6-14(11)18(25)23-5-1-2-12(9-23)24-10-22-15-8-21-17-13(16(15)24)3-4-20-17/h3-4,8,10-12,14H,1-2,5-6,9H2,(H,20,21). The van der Waals surface area contributed by atoms with Crippen molar-refractivity contribution in [3.05, 3.63) is 24.8 Å². The average molecular weight is 334 g/mol. The van der Waals surface area contributed by atoms with Crippen LogP contribution >= 0.6 is 0 Å². The van der Waals surface area contributed by atoms with E-state index >= 15 is 0 Å². The molecule has 7 nitrogen and oxygen atoms in total. The number of nitrogens with one attached hydrogen (secondary N) is 1. The van der Waals surface area contributed by atoms with Gasteiger partial charge in [-0.1, -0.05) is 0 Å². The molecule has 0 spiro atoms. The molecule has 5 rings (SSSR count). The molecule has 0 bridgehead atoms. The van der Waals surface area contributed by atoms with Crippen LogP contribution in [-0.2, 0) is 4.79 Å². The first-order chi connectivity index (χ1) is 12.3. The highest BCUT2D eigenvalue weighted by molar-refractivity contribution is 6.01. The van der Waals surface area contributed by atoms with E-state index in [1.54, 1.807) is 6.20 Å². The normalized spacial score (nSPS) is 26.0. The summed E-state index contributed by atoms with van der Waals surface area (Å²) in [6, 6.07) is 4.45. The summed E-state index contributed by atoms with van der Waals surface area (Å²) in [5, 5.41) is 10.0. The summed E-state index contributed by atoms with van der Waals surface area (Å²) in [6.45, 7) is 1.48. The summed E-state index contributed by atoms with van der Waals surface area (Å²) in [5.74, 6) is -0.00880. The molecule has 2 fully saturated rings. The van der Waals surface area contributed by atoms with E-state index < -0.39 is 0 Å². The van der Waals surface area contributed by atoms with Crippen molar-refractivity contribution in [1.82, 2.24) is 24.4 Å². The summed E-state index contributed by atoms with van der Waals surface area (Å²) in [4.78, 5) is 26.6. The van der Waals surface area contributed by atoms with Crippen LogP contribution in [-0.4, -0.2) is 43.4 Å². The molecule has 4 heterocycles. The van der Waals surface area contributed by atoms with Gasteiger partial charge >= 0.3 is 0 Å². The van der Waals surface area contributed by atoms with Crippen molar-refractivity contribution in [2.75, 3.05) is 13.1 Å². The number of carbonyl (C=O) groups is 1. The number of H-pyrrole nitrogens is 1. The fourth-order valence-corrected chi connectivity index (χ4v) is 4.04. The lowest BCUT2D eigenvalue weighted by Gasteiger charge is -2.34. The molecule has 0 aromatic carbocycles. The van der Waals surface area contributed by atoms with E-state index in [0.29, 0.717) is 6.54 Å². The number of fused-ring (bicyclic) bond motifs is 3. The number of nitrogens with zero attached hydrogens (tertiary/aromatic N) is 5. The van der Waals surface area contributed by atoms with Gasteiger partial charge in [0, 0.05) is 24.7 Å². The molecular weight excluding hydrogens is 316 g/mol. The summed E-state index contributed by atoms with van der Waals surface area (Å²) in [5.41, 5.74) is 2.81. The molecule has 7 heteroatoms. The summed E-state index contributed by atoms with van der Waals surface area (Å²) < 4.78 is 2.20. The zero-order valence-electron chi connectivity index (χ0n) is 13.7. The maximum atomic E-state index is 12.6. The Hall–Kier alpha value is -2.88. The second-order valence-corrected chi connectivity index (χ2v) is 7.04. The Bertz CT molecular complexity index is 1010. The number of hydrogen-bond donors (Lipinski definition) is 1. The summed E-state index contributed by atoms with van der Waals surface area (Å²) >= 11 is 0. The van der Waals surface area contributed by atoms with Gasteiger partial charge in [-0.05, 0) is 25.3 Å².